The highest BCUT2D eigenvalue weighted by molar-refractivity contribution is 9.10. The van der Waals surface area contributed by atoms with E-state index in [0.29, 0.717) is 23.2 Å². The van der Waals surface area contributed by atoms with Crippen molar-refractivity contribution in [2.45, 2.75) is 6.42 Å². The van der Waals surface area contributed by atoms with Crippen molar-refractivity contribution in [1.29, 1.82) is 0 Å². The molecule has 0 atom stereocenters. The molecule has 1 fully saturated rings. The number of anilines is 1. The first kappa shape index (κ1) is 15.8. The number of hydrogen-bond acceptors (Lipinski definition) is 4. The summed E-state index contributed by atoms with van der Waals surface area (Å²) in [4.78, 5) is 35.8. The van der Waals surface area contributed by atoms with Gasteiger partial charge in [0.05, 0.1) is 11.3 Å². The Labute approximate surface area is 134 Å². The molecular weight excluding hydrogens is 360 g/mol. The Balaban J connectivity index is 1.94. The normalized spacial score (nSPS) is 14.3. The van der Waals surface area contributed by atoms with E-state index in [0.717, 1.165) is 5.75 Å². The highest BCUT2D eigenvalue weighted by atomic mass is 79.9. The summed E-state index contributed by atoms with van der Waals surface area (Å²) < 4.78 is 0.605. The van der Waals surface area contributed by atoms with Gasteiger partial charge in [-0.25, -0.2) is 4.79 Å². The van der Waals surface area contributed by atoms with E-state index in [-0.39, 0.29) is 23.1 Å². The molecule has 21 heavy (non-hydrogen) atoms. The number of thioether (sulfide) groups is 1. The minimum Gasteiger partial charge on any atom is -0.478 e. The van der Waals surface area contributed by atoms with Gasteiger partial charge in [0, 0.05) is 29.7 Å². The van der Waals surface area contributed by atoms with E-state index >= 15 is 0 Å². The van der Waals surface area contributed by atoms with Gasteiger partial charge < -0.3 is 15.3 Å². The van der Waals surface area contributed by atoms with Crippen LogP contribution in [-0.4, -0.2) is 46.0 Å². The molecule has 1 aliphatic heterocycles. The number of aromatic carboxylic acids is 1. The molecular formula is C13H13BrN2O4S. The maximum atomic E-state index is 11.9. The molecule has 112 valence electrons. The second kappa shape index (κ2) is 6.95. The Hall–Kier alpha value is -1.54. The van der Waals surface area contributed by atoms with Gasteiger partial charge in [-0.15, -0.1) is 0 Å². The molecule has 8 heteroatoms. The van der Waals surface area contributed by atoms with Gasteiger partial charge in [-0.1, -0.05) is 11.8 Å². The molecule has 0 bridgehead atoms. The van der Waals surface area contributed by atoms with Crippen molar-refractivity contribution >= 4 is 50.5 Å². The first-order valence-corrected chi connectivity index (χ1v) is 7.99. The molecule has 0 unspecified atom stereocenters. The van der Waals surface area contributed by atoms with Gasteiger partial charge in [-0.05, 0) is 34.1 Å². The zero-order chi connectivity index (χ0) is 15.4. The Morgan fingerprint density at radius 1 is 1.43 bits per heavy atom. The van der Waals surface area contributed by atoms with Crippen LogP contribution in [0.5, 0.6) is 0 Å². The third-order valence-electron chi connectivity index (χ3n) is 2.94. The van der Waals surface area contributed by atoms with Crippen molar-refractivity contribution in [2.75, 3.05) is 24.2 Å². The second-order valence-electron chi connectivity index (χ2n) is 4.40. The Morgan fingerprint density at radius 3 is 2.81 bits per heavy atom. The number of rotatable bonds is 5. The van der Waals surface area contributed by atoms with Crippen LogP contribution in [0.4, 0.5) is 10.5 Å². The molecule has 1 aromatic carbocycles. The predicted molar refractivity (Wildman–Crippen MR) is 83.8 cm³/mol. The maximum absolute atomic E-state index is 11.9. The number of carboxylic acid groups (broad SMARTS) is 1. The fourth-order valence-electron chi connectivity index (χ4n) is 1.83. The summed E-state index contributed by atoms with van der Waals surface area (Å²) in [6.45, 7) is 1.03. The molecule has 0 spiro atoms. The minimum atomic E-state index is -1.06. The van der Waals surface area contributed by atoms with Crippen molar-refractivity contribution in [2.24, 2.45) is 0 Å². The summed E-state index contributed by atoms with van der Waals surface area (Å²) in [7, 11) is 0. The number of carboxylic acids is 1. The monoisotopic (exact) mass is 372 g/mol. The van der Waals surface area contributed by atoms with Gasteiger partial charge in [-0.3, -0.25) is 9.59 Å². The van der Waals surface area contributed by atoms with Crippen LogP contribution < -0.4 is 5.32 Å². The average Bonchev–Trinajstić information content (AvgIpc) is 2.84. The summed E-state index contributed by atoms with van der Waals surface area (Å²) in [5, 5.41) is 11.6. The zero-order valence-corrected chi connectivity index (χ0v) is 13.4. The van der Waals surface area contributed by atoms with E-state index in [1.807, 2.05) is 0 Å². The van der Waals surface area contributed by atoms with Crippen LogP contribution in [0.1, 0.15) is 16.8 Å². The quantitative estimate of drug-likeness (QED) is 0.829. The van der Waals surface area contributed by atoms with Gasteiger partial charge in [0.2, 0.25) is 5.91 Å². The number of carbonyl (C=O) groups excluding carboxylic acids is 2. The average molecular weight is 373 g/mol. The SMILES string of the molecule is O=C(CCN1CCSC1=O)Nc1cc(C(=O)O)ccc1Br. The largest absolute Gasteiger partial charge is 0.478 e. The van der Waals surface area contributed by atoms with Crippen LogP contribution in [0.25, 0.3) is 0 Å². The summed E-state index contributed by atoms with van der Waals surface area (Å²) in [6.07, 6.45) is 0.177. The minimum absolute atomic E-state index is 0.00291. The van der Waals surface area contributed by atoms with Crippen LogP contribution in [-0.2, 0) is 4.79 Å². The summed E-state index contributed by atoms with van der Waals surface area (Å²) in [5.74, 6) is -0.562. The topological polar surface area (TPSA) is 86.7 Å². The molecule has 0 aromatic heterocycles. The van der Waals surface area contributed by atoms with Crippen LogP contribution in [0, 0.1) is 0 Å². The standard InChI is InChI=1S/C13H13BrN2O4S/c14-9-2-1-8(12(18)19)7-10(9)15-11(17)3-4-16-5-6-21-13(16)20/h1-2,7H,3-6H2,(H,15,17)(H,18,19). The van der Waals surface area contributed by atoms with Crippen LogP contribution in [0.15, 0.2) is 22.7 Å². The summed E-state index contributed by atoms with van der Waals surface area (Å²) >= 11 is 4.51. The van der Waals surface area contributed by atoms with Gasteiger partial charge in [0.25, 0.3) is 5.24 Å². The molecule has 1 aliphatic rings. The molecule has 0 radical (unpaired) electrons. The van der Waals surface area contributed by atoms with Crippen LogP contribution in [0.2, 0.25) is 0 Å². The number of halogens is 1. The van der Waals surface area contributed by atoms with Crippen molar-refractivity contribution in [3.05, 3.63) is 28.2 Å². The van der Waals surface area contributed by atoms with Gasteiger partial charge >= 0.3 is 5.97 Å². The van der Waals surface area contributed by atoms with E-state index in [2.05, 4.69) is 21.2 Å². The van der Waals surface area contributed by atoms with E-state index in [1.165, 1.54) is 23.9 Å². The summed E-state index contributed by atoms with van der Waals surface area (Å²) in [5.41, 5.74) is 0.502. The first-order valence-electron chi connectivity index (χ1n) is 6.22. The smallest absolute Gasteiger partial charge is 0.335 e. The van der Waals surface area contributed by atoms with Crippen molar-refractivity contribution in [3.8, 4) is 0 Å². The molecule has 0 saturated carbocycles. The number of amides is 2. The third kappa shape index (κ3) is 4.21. The lowest BCUT2D eigenvalue weighted by Crippen LogP contribution is -2.27. The molecule has 1 aromatic rings. The number of benzene rings is 1. The van der Waals surface area contributed by atoms with E-state index in [9.17, 15) is 14.4 Å². The van der Waals surface area contributed by atoms with Crippen LogP contribution in [0.3, 0.4) is 0 Å². The van der Waals surface area contributed by atoms with Crippen molar-refractivity contribution in [1.82, 2.24) is 4.90 Å². The number of nitrogens with one attached hydrogen (secondary N) is 1. The highest BCUT2D eigenvalue weighted by Gasteiger charge is 2.21. The maximum Gasteiger partial charge on any atom is 0.335 e. The second-order valence-corrected chi connectivity index (χ2v) is 6.30. The van der Waals surface area contributed by atoms with Crippen molar-refractivity contribution < 1.29 is 19.5 Å². The van der Waals surface area contributed by atoms with Gasteiger partial charge in [0.1, 0.15) is 0 Å². The van der Waals surface area contributed by atoms with Gasteiger partial charge in [-0.2, -0.15) is 0 Å². The molecule has 6 nitrogen and oxygen atoms in total. The lowest BCUT2D eigenvalue weighted by Gasteiger charge is -2.14. The van der Waals surface area contributed by atoms with E-state index in [1.54, 1.807) is 11.0 Å². The summed E-state index contributed by atoms with van der Waals surface area (Å²) in [6, 6.07) is 4.41. The molecule has 2 rings (SSSR count). The van der Waals surface area contributed by atoms with Crippen molar-refractivity contribution in [3.63, 3.8) is 0 Å². The fraction of sp³-hybridized carbons (Fsp3) is 0.308. The zero-order valence-electron chi connectivity index (χ0n) is 11.0. The number of hydrogen-bond donors (Lipinski definition) is 2. The Kier molecular flexibility index (Phi) is 5.24. The van der Waals surface area contributed by atoms with Gasteiger partial charge in [0.15, 0.2) is 0 Å². The van der Waals surface area contributed by atoms with Crippen LogP contribution >= 0.6 is 27.7 Å². The lowest BCUT2D eigenvalue weighted by molar-refractivity contribution is -0.116. The molecule has 2 N–H and O–H groups in total. The fourth-order valence-corrected chi connectivity index (χ4v) is 3.03. The lowest BCUT2D eigenvalue weighted by atomic mass is 10.2. The Bertz CT molecular complexity index is 594. The number of carbonyl (C=O) groups is 3. The van der Waals surface area contributed by atoms with E-state index < -0.39 is 5.97 Å². The Morgan fingerprint density at radius 2 is 2.19 bits per heavy atom. The highest BCUT2D eigenvalue weighted by Crippen LogP contribution is 2.24. The molecule has 2 amide bonds. The third-order valence-corrected chi connectivity index (χ3v) is 4.52. The molecule has 0 aliphatic carbocycles. The molecule has 1 saturated heterocycles. The van der Waals surface area contributed by atoms with E-state index in [4.69, 9.17) is 5.11 Å². The predicted octanol–water partition coefficient (Wildman–Crippen LogP) is 2.64. The first-order chi connectivity index (χ1) is 9.97. The number of nitrogens with zero attached hydrogens (tertiary/aromatic N) is 1. The molecule has 1 heterocycles.